The first kappa shape index (κ1) is 12.6. The van der Waals surface area contributed by atoms with Gasteiger partial charge in [0.05, 0.1) is 38.3 Å². The zero-order valence-electron chi connectivity index (χ0n) is 9.40. The summed E-state index contributed by atoms with van der Waals surface area (Å²) in [5.41, 5.74) is 7.28. The summed E-state index contributed by atoms with van der Waals surface area (Å²) in [6.07, 6.45) is 0. The summed E-state index contributed by atoms with van der Waals surface area (Å²) in [7, 11) is 1.58. The summed E-state index contributed by atoms with van der Waals surface area (Å²) in [6.45, 7) is 1.56. The molecule has 0 saturated carbocycles. The zero-order valence-corrected chi connectivity index (χ0v) is 9.40. The fourth-order valence-electron chi connectivity index (χ4n) is 1.30. The molecule has 5 heteroatoms. The topological polar surface area (TPSA) is 76.7 Å². The molecule has 0 aliphatic heterocycles. The van der Waals surface area contributed by atoms with Gasteiger partial charge in [-0.15, -0.1) is 0 Å². The lowest BCUT2D eigenvalue weighted by Gasteiger charge is -2.12. The Kier molecular flexibility index (Phi) is 5.45. The number of anilines is 2. The molecule has 0 aromatic heterocycles. The SMILES string of the molecule is COc1cccc(NCCOCCO)c1N. The molecule has 0 aliphatic rings. The highest BCUT2D eigenvalue weighted by atomic mass is 16.5. The first-order valence-corrected chi connectivity index (χ1v) is 5.14. The van der Waals surface area contributed by atoms with Crippen LogP contribution in [0, 0.1) is 0 Å². The number of nitrogens with two attached hydrogens (primary N) is 1. The highest BCUT2D eigenvalue weighted by Crippen LogP contribution is 2.28. The Labute approximate surface area is 95.2 Å². The van der Waals surface area contributed by atoms with Crippen molar-refractivity contribution in [2.24, 2.45) is 0 Å². The van der Waals surface area contributed by atoms with Gasteiger partial charge in [-0.3, -0.25) is 0 Å². The molecule has 1 aromatic rings. The van der Waals surface area contributed by atoms with E-state index in [9.17, 15) is 0 Å². The van der Waals surface area contributed by atoms with Crippen LogP contribution in [0.5, 0.6) is 5.75 Å². The van der Waals surface area contributed by atoms with Gasteiger partial charge in [0.2, 0.25) is 0 Å². The summed E-state index contributed by atoms with van der Waals surface area (Å²) < 4.78 is 10.2. The Morgan fingerprint density at radius 2 is 2.19 bits per heavy atom. The van der Waals surface area contributed by atoms with E-state index < -0.39 is 0 Å². The van der Waals surface area contributed by atoms with E-state index in [0.717, 1.165) is 5.69 Å². The van der Waals surface area contributed by atoms with Crippen molar-refractivity contribution in [2.45, 2.75) is 0 Å². The highest BCUT2D eigenvalue weighted by Gasteiger charge is 2.03. The molecule has 0 spiro atoms. The molecule has 0 aliphatic carbocycles. The summed E-state index contributed by atoms with van der Waals surface area (Å²) in [4.78, 5) is 0. The molecule has 1 aromatic carbocycles. The zero-order chi connectivity index (χ0) is 11.8. The van der Waals surface area contributed by atoms with Crippen LogP contribution in [-0.2, 0) is 4.74 Å². The lowest BCUT2D eigenvalue weighted by atomic mass is 10.2. The summed E-state index contributed by atoms with van der Waals surface area (Å²) in [5, 5.41) is 11.6. The molecule has 90 valence electrons. The second-order valence-electron chi connectivity index (χ2n) is 3.18. The van der Waals surface area contributed by atoms with Crippen LogP contribution in [0.1, 0.15) is 0 Å². The van der Waals surface area contributed by atoms with Crippen molar-refractivity contribution < 1.29 is 14.6 Å². The minimum atomic E-state index is 0.0430. The van der Waals surface area contributed by atoms with Gasteiger partial charge < -0.3 is 25.6 Å². The number of aliphatic hydroxyl groups is 1. The van der Waals surface area contributed by atoms with Crippen LogP contribution in [0.2, 0.25) is 0 Å². The standard InChI is InChI=1S/C11H18N2O3/c1-15-10-4-2-3-9(11(10)12)13-5-7-16-8-6-14/h2-4,13-14H,5-8,12H2,1H3. The molecule has 0 amide bonds. The van der Waals surface area contributed by atoms with Crippen molar-refractivity contribution in [3.8, 4) is 5.75 Å². The molecule has 0 heterocycles. The molecule has 5 nitrogen and oxygen atoms in total. The molecule has 16 heavy (non-hydrogen) atoms. The van der Waals surface area contributed by atoms with Gasteiger partial charge in [0, 0.05) is 6.54 Å². The third-order valence-electron chi connectivity index (χ3n) is 2.08. The maximum atomic E-state index is 8.51. The normalized spacial score (nSPS) is 10.1. The fraction of sp³-hybridized carbons (Fsp3) is 0.455. The lowest BCUT2D eigenvalue weighted by molar-refractivity contribution is 0.0992. The predicted molar refractivity (Wildman–Crippen MR) is 63.8 cm³/mol. The molecular formula is C11H18N2O3. The van der Waals surface area contributed by atoms with Crippen LogP contribution in [-0.4, -0.2) is 38.6 Å². The maximum Gasteiger partial charge on any atom is 0.143 e. The number of aliphatic hydroxyl groups excluding tert-OH is 1. The van der Waals surface area contributed by atoms with Gasteiger partial charge in [-0.05, 0) is 12.1 Å². The third kappa shape index (κ3) is 3.60. The molecule has 1 rings (SSSR count). The Morgan fingerprint density at radius 3 is 2.88 bits per heavy atom. The van der Waals surface area contributed by atoms with Gasteiger partial charge >= 0.3 is 0 Å². The highest BCUT2D eigenvalue weighted by molar-refractivity contribution is 5.72. The number of ether oxygens (including phenoxy) is 2. The number of para-hydroxylation sites is 1. The van der Waals surface area contributed by atoms with Crippen molar-refractivity contribution in [3.05, 3.63) is 18.2 Å². The van der Waals surface area contributed by atoms with E-state index in [-0.39, 0.29) is 6.61 Å². The van der Waals surface area contributed by atoms with Crippen LogP contribution in [0.15, 0.2) is 18.2 Å². The van der Waals surface area contributed by atoms with E-state index in [4.69, 9.17) is 20.3 Å². The number of rotatable bonds is 7. The number of benzene rings is 1. The third-order valence-corrected chi connectivity index (χ3v) is 2.08. The molecule has 0 fully saturated rings. The van der Waals surface area contributed by atoms with Crippen LogP contribution in [0.4, 0.5) is 11.4 Å². The minimum absolute atomic E-state index is 0.0430. The number of nitrogens with one attached hydrogen (secondary N) is 1. The largest absolute Gasteiger partial charge is 0.495 e. The fourth-order valence-corrected chi connectivity index (χ4v) is 1.30. The molecule has 0 unspecified atom stereocenters. The first-order valence-electron chi connectivity index (χ1n) is 5.14. The van der Waals surface area contributed by atoms with E-state index >= 15 is 0 Å². The Morgan fingerprint density at radius 1 is 1.38 bits per heavy atom. The number of nitrogen functional groups attached to an aromatic ring is 1. The first-order chi connectivity index (χ1) is 7.79. The van der Waals surface area contributed by atoms with Crippen LogP contribution >= 0.6 is 0 Å². The van der Waals surface area contributed by atoms with Gasteiger partial charge in [0.1, 0.15) is 5.75 Å². The average molecular weight is 226 g/mol. The van der Waals surface area contributed by atoms with Crippen molar-refractivity contribution >= 4 is 11.4 Å². The van der Waals surface area contributed by atoms with Crippen molar-refractivity contribution in [1.82, 2.24) is 0 Å². The van der Waals surface area contributed by atoms with E-state index in [1.54, 1.807) is 7.11 Å². The van der Waals surface area contributed by atoms with E-state index in [0.29, 0.717) is 31.2 Å². The quantitative estimate of drug-likeness (QED) is 0.471. The van der Waals surface area contributed by atoms with Gasteiger partial charge in [-0.1, -0.05) is 6.07 Å². The molecular weight excluding hydrogens is 208 g/mol. The van der Waals surface area contributed by atoms with Gasteiger partial charge in [0.15, 0.2) is 0 Å². The summed E-state index contributed by atoms with van der Waals surface area (Å²) in [6, 6.07) is 5.55. The molecule has 0 bridgehead atoms. The molecule has 4 N–H and O–H groups in total. The van der Waals surface area contributed by atoms with Gasteiger partial charge in [-0.2, -0.15) is 0 Å². The van der Waals surface area contributed by atoms with E-state index in [1.807, 2.05) is 18.2 Å². The van der Waals surface area contributed by atoms with Gasteiger partial charge in [0.25, 0.3) is 0 Å². The molecule has 0 radical (unpaired) electrons. The monoisotopic (exact) mass is 226 g/mol. The van der Waals surface area contributed by atoms with Crippen LogP contribution < -0.4 is 15.8 Å². The summed E-state index contributed by atoms with van der Waals surface area (Å²) in [5.74, 6) is 0.654. The van der Waals surface area contributed by atoms with E-state index in [2.05, 4.69) is 5.32 Å². The second-order valence-corrected chi connectivity index (χ2v) is 3.18. The number of methoxy groups -OCH3 is 1. The van der Waals surface area contributed by atoms with Crippen molar-refractivity contribution in [2.75, 3.05) is 44.5 Å². The van der Waals surface area contributed by atoms with E-state index in [1.165, 1.54) is 0 Å². The molecule has 0 saturated heterocycles. The Balaban J connectivity index is 2.41. The van der Waals surface area contributed by atoms with Crippen molar-refractivity contribution in [3.63, 3.8) is 0 Å². The lowest BCUT2D eigenvalue weighted by Crippen LogP contribution is -2.12. The summed E-state index contributed by atoms with van der Waals surface area (Å²) >= 11 is 0. The number of hydrogen-bond acceptors (Lipinski definition) is 5. The average Bonchev–Trinajstić information content (AvgIpc) is 2.31. The van der Waals surface area contributed by atoms with Gasteiger partial charge in [-0.25, -0.2) is 0 Å². The molecule has 0 atom stereocenters. The predicted octanol–water partition coefficient (Wildman–Crippen LogP) is 0.698. The Bertz CT molecular complexity index is 318. The minimum Gasteiger partial charge on any atom is -0.495 e. The smallest absolute Gasteiger partial charge is 0.143 e. The maximum absolute atomic E-state index is 8.51. The van der Waals surface area contributed by atoms with Crippen molar-refractivity contribution in [1.29, 1.82) is 0 Å². The van der Waals surface area contributed by atoms with Crippen LogP contribution in [0.3, 0.4) is 0 Å². The second kappa shape index (κ2) is 6.92. The van der Waals surface area contributed by atoms with Crippen LogP contribution in [0.25, 0.3) is 0 Å². The number of hydrogen-bond donors (Lipinski definition) is 3. The Hall–Kier alpha value is -1.46.